The smallest absolute Gasteiger partial charge is 0.351 e. The lowest BCUT2D eigenvalue weighted by Gasteiger charge is -2.24. The van der Waals surface area contributed by atoms with Crippen molar-refractivity contribution in [2.24, 2.45) is 0 Å². The van der Waals surface area contributed by atoms with Crippen LogP contribution in [0.15, 0.2) is 42.5 Å². The molecule has 1 amide bonds. The van der Waals surface area contributed by atoms with Crippen molar-refractivity contribution in [2.75, 3.05) is 20.0 Å². The predicted octanol–water partition coefficient (Wildman–Crippen LogP) is 1.41. The van der Waals surface area contributed by atoms with Gasteiger partial charge in [-0.05, 0) is 29.8 Å². The normalized spacial score (nSPS) is 16.5. The molecule has 27 heavy (non-hydrogen) atoms. The highest BCUT2D eigenvalue weighted by Gasteiger charge is 2.29. The number of amides is 1. The van der Waals surface area contributed by atoms with Crippen LogP contribution in [-0.2, 0) is 20.9 Å². The largest absolute Gasteiger partial charge is 0.485 e. The fourth-order valence-corrected chi connectivity index (χ4v) is 2.67. The number of carbonyl (C=O) groups excluding carboxylic acids is 2. The lowest BCUT2D eigenvalue weighted by Crippen LogP contribution is -2.39. The van der Waals surface area contributed by atoms with Gasteiger partial charge in [-0.15, -0.1) is 0 Å². The van der Waals surface area contributed by atoms with Crippen molar-refractivity contribution < 1.29 is 33.3 Å². The molecule has 0 aliphatic carbocycles. The molecule has 0 bridgehead atoms. The summed E-state index contributed by atoms with van der Waals surface area (Å²) >= 11 is 0. The molecule has 1 atom stereocenters. The van der Waals surface area contributed by atoms with Crippen LogP contribution in [-0.4, -0.2) is 38.0 Å². The zero-order valence-corrected chi connectivity index (χ0v) is 14.3. The molecule has 140 valence electrons. The zero-order valence-electron chi connectivity index (χ0n) is 14.3. The van der Waals surface area contributed by atoms with E-state index in [1.165, 1.54) is 0 Å². The van der Waals surface area contributed by atoms with Crippen LogP contribution in [0.3, 0.4) is 0 Å². The van der Waals surface area contributed by atoms with Gasteiger partial charge in [-0.1, -0.05) is 18.2 Å². The standard InChI is InChI=1S/C19H17NO7/c21-18(20-8-12-5-6-14-16(7-12)26-11-25-14)10-24-19(22)17-9-23-13-3-1-2-4-15(13)27-17/h1-7,17H,8-11H2,(H,20,21)/t17-/m1/s1. The van der Waals surface area contributed by atoms with E-state index >= 15 is 0 Å². The number of benzene rings is 2. The molecule has 0 saturated heterocycles. The van der Waals surface area contributed by atoms with Crippen LogP contribution in [0.25, 0.3) is 0 Å². The van der Waals surface area contributed by atoms with Gasteiger partial charge >= 0.3 is 5.97 Å². The summed E-state index contributed by atoms with van der Waals surface area (Å²) in [7, 11) is 0. The maximum Gasteiger partial charge on any atom is 0.351 e. The minimum Gasteiger partial charge on any atom is -0.485 e. The summed E-state index contributed by atoms with van der Waals surface area (Å²) in [5.74, 6) is 1.29. The van der Waals surface area contributed by atoms with Gasteiger partial charge < -0.3 is 29.0 Å². The van der Waals surface area contributed by atoms with Gasteiger partial charge in [-0.3, -0.25) is 4.79 Å². The van der Waals surface area contributed by atoms with Crippen LogP contribution < -0.4 is 24.3 Å². The van der Waals surface area contributed by atoms with Crippen LogP contribution in [0.5, 0.6) is 23.0 Å². The number of rotatable bonds is 5. The Morgan fingerprint density at radius 3 is 2.67 bits per heavy atom. The average molecular weight is 371 g/mol. The van der Waals surface area contributed by atoms with Crippen molar-refractivity contribution in [1.29, 1.82) is 0 Å². The summed E-state index contributed by atoms with van der Waals surface area (Å²) in [5, 5.41) is 2.68. The number of hydrogen-bond acceptors (Lipinski definition) is 7. The zero-order chi connectivity index (χ0) is 18.6. The van der Waals surface area contributed by atoms with E-state index in [1.807, 2.05) is 12.1 Å². The molecule has 2 aromatic rings. The Morgan fingerprint density at radius 1 is 1.00 bits per heavy atom. The molecule has 8 heteroatoms. The number of nitrogens with one attached hydrogen (secondary N) is 1. The van der Waals surface area contributed by atoms with E-state index in [9.17, 15) is 9.59 Å². The van der Waals surface area contributed by atoms with Crippen molar-refractivity contribution in [3.8, 4) is 23.0 Å². The highest BCUT2D eigenvalue weighted by atomic mass is 16.7. The number of fused-ring (bicyclic) bond motifs is 2. The third-order valence-electron chi connectivity index (χ3n) is 4.04. The molecule has 4 rings (SSSR count). The Kier molecular flexibility index (Phi) is 4.69. The SMILES string of the molecule is O=C(COC(=O)[C@H]1COc2ccccc2O1)NCc1ccc2c(c1)OCO2. The number of para-hydroxylation sites is 2. The first-order chi connectivity index (χ1) is 13.2. The lowest BCUT2D eigenvalue weighted by atomic mass is 10.2. The lowest BCUT2D eigenvalue weighted by molar-refractivity contribution is -0.157. The first-order valence-electron chi connectivity index (χ1n) is 8.39. The van der Waals surface area contributed by atoms with E-state index in [1.54, 1.807) is 30.3 Å². The monoisotopic (exact) mass is 371 g/mol. The van der Waals surface area contributed by atoms with Crippen LogP contribution in [0.1, 0.15) is 5.56 Å². The van der Waals surface area contributed by atoms with E-state index in [-0.39, 0.29) is 19.9 Å². The summed E-state index contributed by atoms with van der Waals surface area (Å²) in [6.45, 7) is 0.113. The average Bonchev–Trinajstić information content (AvgIpc) is 3.18. The van der Waals surface area contributed by atoms with E-state index < -0.39 is 24.6 Å². The van der Waals surface area contributed by atoms with Gasteiger partial charge in [-0.2, -0.15) is 0 Å². The predicted molar refractivity (Wildman–Crippen MR) is 91.7 cm³/mol. The van der Waals surface area contributed by atoms with Crippen molar-refractivity contribution in [3.05, 3.63) is 48.0 Å². The Hall–Kier alpha value is -3.42. The molecule has 2 aliphatic heterocycles. The van der Waals surface area contributed by atoms with E-state index in [0.29, 0.717) is 23.0 Å². The van der Waals surface area contributed by atoms with Crippen LogP contribution >= 0.6 is 0 Å². The van der Waals surface area contributed by atoms with E-state index in [0.717, 1.165) is 5.56 Å². The van der Waals surface area contributed by atoms with Gasteiger partial charge in [-0.25, -0.2) is 4.79 Å². The molecule has 0 fully saturated rings. The molecule has 0 aromatic heterocycles. The Balaban J connectivity index is 1.23. The first-order valence-corrected chi connectivity index (χ1v) is 8.39. The quantitative estimate of drug-likeness (QED) is 0.795. The van der Waals surface area contributed by atoms with Crippen molar-refractivity contribution >= 4 is 11.9 Å². The molecule has 0 unspecified atom stereocenters. The highest BCUT2D eigenvalue weighted by Crippen LogP contribution is 2.32. The number of hydrogen-bond donors (Lipinski definition) is 1. The number of carbonyl (C=O) groups is 2. The summed E-state index contributed by atoms with van der Waals surface area (Å²) in [6.07, 6.45) is -0.901. The highest BCUT2D eigenvalue weighted by molar-refractivity contribution is 5.82. The second kappa shape index (κ2) is 7.45. The van der Waals surface area contributed by atoms with Crippen LogP contribution in [0.4, 0.5) is 0 Å². The van der Waals surface area contributed by atoms with Crippen LogP contribution in [0, 0.1) is 0 Å². The second-order valence-electron chi connectivity index (χ2n) is 5.94. The second-order valence-corrected chi connectivity index (χ2v) is 5.94. The van der Waals surface area contributed by atoms with Gasteiger partial charge in [0.05, 0.1) is 0 Å². The Labute approximate surface area is 154 Å². The Morgan fingerprint density at radius 2 is 1.78 bits per heavy atom. The van der Waals surface area contributed by atoms with E-state index in [4.69, 9.17) is 23.7 Å². The van der Waals surface area contributed by atoms with Crippen molar-refractivity contribution in [3.63, 3.8) is 0 Å². The first kappa shape index (κ1) is 17.0. The number of ether oxygens (including phenoxy) is 5. The van der Waals surface area contributed by atoms with Gasteiger partial charge in [0.15, 0.2) is 29.6 Å². The summed E-state index contributed by atoms with van der Waals surface area (Å²) < 4.78 is 26.5. The van der Waals surface area contributed by atoms with Crippen molar-refractivity contribution in [1.82, 2.24) is 5.32 Å². The Bertz CT molecular complexity index is 867. The molecule has 0 spiro atoms. The molecular formula is C19H17NO7. The van der Waals surface area contributed by atoms with Crippen molar-refractivity contribution in [2.45, 2.75) is 12.6 Å². The third-order valence-corrected chi connectivity index (χ3v) is 4.04. The molecule has 0 radical (unpaired) electrons. The van der Waals surface area contributed by atoms with Gasteiger partial charge in [0.1, 0.15) is 6.61 Å². The van der Waals surface area contributed by atoms with Crippen LogP contribution in [0.2, 0.25) is 0 Å². The summed E-state index contributed by atoms with van der Waals surface area (Å²) in [6, 6.07) is 12.4. The minimum atomic E-state index is -0.901. The van der Waals surface area contributed by atoms with E-state index in [2.05, 4.69) is 5.32 Å². The van der Waals surface area contributed by atoms with Gasteiger partial charge in [0, 0.05) is 6.54 Å². The van der Waals surface area contributed by atoms with Gasteiger partial charge in [0.25, 0.3) is 5.91 Å². The topological polar surface area (TPSA) is 92.3 Å². The molecule has 2 aliphatic rings. The molecule has 2 heterocycles. The summed E-state index contributed by atoms with van der Waals surface area (Å²) in [5.41, 5.74) is 0.847. The molecule has 2 aromatic carbocycles. The number of esters is 1. The fraction of sp³-hybridized carbons (Fsp3) is 0.263. The minimum absolute atomic E-state index is 0.0364. The summed E-state index contributed by atoms with van der Waals surface area (Å²) in [4.78, 5) is 24.0. The fourth-order valence-electron chi connectivity index (χ4n) is 2.67. The molecule has 1 N–H and O–H groups in total. The maximum absolute atomic E-state index is 12.1. The molecule has 0 saturated carbocycles. The third kappa shape index (κ3) is 3.89. The molecular weight excluding hydrogens is 354 g/mol. The van der Waals surface area contributed by atoms with Gasteiger partial charge in [0.2, 0.25) is 12.9 Å². The molecule has 8 nitrogen and oxygen atoms in total. The maximum atomic E-state index is 12.1.